The van der Waals surface area contributed by atoms with Crippen LogP contribution in [0.3, 0.4) is 0 Å². The summed E-state index contributed by atoms with van der Waals surface area (Å²) in [5.41, 5.74) is 1.24. The van der Waals surface area contributed by atoms with Gasteiger partial charge in [0.05, 0.1) is 0 Å². The van der Waals surface area contributed by atoms with E-state index in [-0.39, 0.29) is 0 Å². The van der Waals surface area contributed by atoms with E-state index in [0.29, 0.717) is 0 Å². The van der Waals surface area contributed by atoms with Gasteiger partial charge in [-0.1, -0.05) is 6.92 Å². The predicted octanol–water partition coefficient (Wildman–Crippen LogP) is 2.77. The van der Waals surface area contributed by atoms with Crippen LogP contribution >= 0.6 is 0 Å². The molecule has 4 nitrogen and oxygen atoms in total. The van der Waals surface area contributed by atoms with E-state index in [0.717, 1.165) is 44.5 Å². The standard InChI is InChI=1S/C15H25N3O/c1-3-7-16-15-11-14(4-8-17-15)18(2)12-13-5-9-19-10-6-13/h4,8,11,13H,3,5-7,9-10,12H2,1-2H3,(H,16,17). The highest BCUT2D eigenvalue weighted by Gasteiger charge is 2.16. The zero-order valence-electron chi connectivity index (χ0n) is 12.1. The minimum Gasteiger partial charge on any atom is -0.381 e. The molecule has 1 aliphatic rings. The van der Waals surface area contributed by atoms with E-state index >= 15 is 0 Å². The van der Waals surface area contributed by atoms with Gasteiger partial charge in [0.15, 0.2) is 0 Å². The first-order valence-corrected chi connectivity index (χ1v) is 7.28. The number of aromatic nitrogens is 1. The van der Waals surface area contributed by atoms with E-state index in [2.05, 4.69) is 41.3 Å². The van der Waals surface area contributed by atoms with Crippen molar-refractivity contribution in [3.8, 4) is 0 Å². The van der Waals surface area contributed by atoms with Crippen LogP contribution in [0.5, 0.6) is 0 Å². The highest BCUT2D eigenvalue weighted by molar-refractivity contribution is 5.53. The van der Waals surface area contributed by atoms with E-state index < -0.39 is 0 Å². The molecule has 0 aliphatic carbocycles. The van der Waals surface area contributed by atoms with Gasteiger partial charge in [-0.2, -0.15) is 0 Å². The highest BCUT2D eigenvalue weighted by Crippen LogP contribution is 2.21. The molecule has 2 rings (SSSR count). The normalized spacial score (nSPS) is 16.3. The van der Waals surface area contributed by atoms with E-state index in [1.165, 1.54) is 18.5 Å². The number of pyridine rings is 1. The fourth-order valence-electron chi connectivity index (χ4n) is 2.43. The van der Waals surface area contributed by atoms with Gasteiger partial charge < -0.3 is 15.0 Å². The summed E-state index contributed by atoms with van der Waals surface area (Å²) in [6, 6.07) is 4.21. The van der Waals surface area contributed by atoms with Crippen LogP contribution in [0.1, 0.15) is 26.2 Å². The van der Waals surface area contributed by atoms with E-state index in [1.54, 1.807) is 0 Å². The molecule has 0 spiro atoms. The Bertz CT molecular complexity index is 377. The molecule has 19 heavy (non-hydrogen) atoms. The van der Waals surface area contributed by atoms with Crippen molar-refractivity contribution >= 4 is 11.5 Å². The number of anilines is 2. The van der Waals surface area contributed by atoms with Gasteiger partial charge in [-0.15, -0.1) is 0 Å². The number of rotatable bonds is 6. The lowest BCUT2D eigenvalue weighted by Gasteiger charge is -2.28. The Morgan fingerprint density at radius 1 is 1.42 bits per heavy atom. The average Bonchev–Trinajstić information content (AvgIpc) is 2.46. The molecule has 1 aromatic heterocycles. The highest BCUT2D eigenvalue weighted by atomic mass is 16.5. The largest absolute Gasteiger partial charge is 0.381 e. The second-order valence-corrected chi connectivity index (χ2v) is 5.26. The molecule has 0 atom stereocenters. The summed E-state index contributed by atoms with van der Waals surface area (Å²) in [7, 11) is 2.16. The zero-order valence-corrected chi connectivity index (χ0v) is 12.1. The number of hydrogen-bond acceptors (Lipinski definition) is 4. The van der Waals surface area contributed by atoms with E-state index in [1.807, 2.05) is 6.20 Å². The zero-order chi connectivity index (χ0) is 13.5. The van der Waals surface area contributed by atoms with Crippen LogP contribution < -0.4 is 10.2 Å². The van der Waals surface area contributed by atoms with Crippen molar-refractivity contribution in [1.29, 1.82) is 0 Å². The first-order valence-electron chi connectivity index (χ1n) is 7.28. The molecular weight excluding hydrogens is 238 g/mol. The Morgan fingerprint density at radius 2 is 2.21 bits per heavy atom. The lowest BCUT2D eigenvalue weighted by atomic mass is 10.00. The van der Waals surface area contributed by atoms with Gasteiger partial charge in [-0.05, 0) is 31.2 Å². The summed E-state index contributed by atoms with van der Waals surface area (Å²) >= 11 is 0. The SMILES string of the molecule is CCCNc1cc(N(C)CC2CCOCC2)ccn1. The smallest absolute Gasteiger partial charge is 0.127 e. The number of nitrogens with zero attached hydrogens (tertiary/aromatic N) is 2. The molecule has 0 radical (unpaired) electrons. The van der Waals surface area contributed by atoms with Gasteiger partial charge in [0.25, 0.3) is 0 Å². The van der Waals surface area contributed by atoms with E-state index in [4.69, 9.17) is 4.74 Å². The summed E-state index contributed by atoms with van der Waals surface area (Å²) < 4.78 is 5.41. The quantitative estimate of drug-likeness (QED) is 0.856. The fourth-order valence-corrected chi connectivity index (χ4v) is 2.43. The molecule has 1 saturated heterocycles. The summed E-state index contributed by atoms with van der Waals surface area (Å²) in [5.74, 6) is 1.72. The Kier molecular flexibility index (Phi) is 5.45. The van der Waals surface area contributed by atoms with Gasteiger partial charge in [0, 0.05) is 51.3 Å². The molecule has 1 fully saturated rings. The number of nitrogens with one attached hydrogen (secondary N) is 1. The second-order valence-electron chi connectivity index (χ2n) is 5.26. The lowest BCUT2D eigenvalue weighted by Crippen LogP contribution is -2.29. The molecule has 0 unspecified atom stereocenters. The molecule has 1 N–H and O–H groups in total. The molecule has 4 heteroatoms. The first kappa shape index (κ1) is 14.1. The molecule has 0 amide bonds. The third-order valence-corrected chi connectivity index (χ3v) is 3.61. The molecule has 1 aliphatic heterocycles. The molecular formula is C15H25N3O. The van der Waals surface area contributed by atoms with Gasteiger partial charge in [0.2, 0.25) is 0 Å². The van der Waals surface area contributed by atoms with Crippen LogP contribution in [0.25, 0.3) is 0 Å². The average molecular weight is 263 g/mol. The van der Waals surface area contributed by atoms with Gasteiger partial charge >= 0.3 is 0 Å². The molecule has 0 bridgehead atoms. The third-order valence-electron chi connectivity index (χ3n) is 3.61. The Morgan fingerprint density at radius 3 is 2.95 bits per heavy atom. The summed E-state index contributed by atoms with van der Waals surface area (Å²) in [6.45, 7) is 6.06. The summed E-state index contributed by atoms with van der Waals surface area (Å²) in [5, 5.41) is 3.34. The second kappa shape index (κ2) is 7.34. The third kappa shape index (κ3) is 4.39. The summed E-state index contributed by atoms with van der Waals surface area (Å²) in [4.78, 5) is 6.68. The van der Waals surface area contributed by atoms with Crippen molar-refractivity contribution in [2.75, 3.05) is 43.6 Å². The minimum atomic E-state index is 0.749. The molecule has 0 aromatic carbocycles. The van der Waals surface area contributed by atoms with Crippen molar-refractivity contribution in [3.63, 3.8) is 0 Å². The molecule has 0 saturated carbocycles. The van der Waals surface area contributed by atoms with Crippen LogP contribution in [0.15, 0.2) is 18.3 Å². The molecule has 106 valence electrons. The van der Waals surface area contributed by atoms with Crippen LogP contribution in [-0.4, -0.2) is 38.3 Å². The number of hydrogen-bond donors (Lipinski definition) is 1. The fraction of sp³-hybridized carbons (Fsp3) is 0.667. The van der Waals surface area contributed by atoms with Gasteiger partial charge in [0.1, 0.15) is 5.82 Å². The lowest BCUT2D eigenvalue weighted by molar-refractivity contribution is 0.0685. The monoisotopic (exact) mass is 263 g/mol. The topological polar surface area (TPSA) is 37.4 Å². The Hall–Kier alpha value is -1.29. The van der Waals surface area contributed by atoms with Gasteiger partial charge in [-0.3, -0.25) is 0 Å². The van der Waals surface area contributed by atoms with Crippen molar-refractivity contribution in [2.45, 2.75) is 26.2 Å². The Balaban J connectivity index is 1.91. The number of ether oxygens (including phenoxy) is 1. The van der Waals surface area contributed by atoms with Crippen LogP contribution in [0.2, 0.25) is 0 Å². The van der Waals surface area contributed by atoms with Crippen LogP contribution in [0.4, 0.5) is 11.5 Å². The Labute approximate surface area is 116 Å². The van der Waals surface area contributed by atoms with Crippen molar-refractivity contribution in [1.82, 2.24) is 4.98 Å². The van der Waals surface area contributed by atoms with Crippen LogP contribution in [0, 0.1) is 5.92 Å². The summed E-state index contributed by atoms with van der Waals surface area (Å²) in [6.07, 6.45) is 5.35. The van der Waals surface area contributed by atoms with E-state index in [9.17, 15) is 0 Å². The van der Waals surface area contributed by atoms with Crippen molar-refractivity contribution < 1.29 is 4.74 Å². The predicted molar refractivity (Wildman–Crippen MR) is 79.8 cm³/mol. The van der Waals surface area contributed by atoms with Crippen LogP contribution in [-0.2, 0) is 4.74 Å². The molecule has 1 aromatic rings. The van der Waals surface area contributed by atoms with Gasteiger partial charge in [-0.25, -0.2) is 4.98 Å². The first-order chi connectivity index (χ1) is 9.29. The maximum Gasteiger partial charge on any atom is 0.127 e. The minimum absolute atomic E-state index is 0.749. The maximum absolute atomic E-state index is 5.41. The van der Waals surface area contributed by atoms with Crippen molar-refractivity contribution in [3.05, 3.63) is 18.3 Å². The van der Waals surface area contributed by atoms with Crippen molar-refractivity contribution in [2.24, 2.45) is 5.92 Å². The maximum atomic E-state index is 5.41. The molecule has 2 heterocycles.